The molecule has 0 radical (unpaired) electrons. The van der Waals surface area contributed by atoms with Crippen LogP contribution in [0.4, 0.5) is 0 Å². The third-order valence-electron chi connectivity index (χ3n) is 3.32. The standard InChI is InChI=1S/C19H12ClNO3/c20-15-8-9-17(24-19(23)14-7-4-10-21-12-14)16(11-15)18(22)13-5-2-1-3-6-13/h1-12H. The van der Waals surface area contributed by atoms with Gasteiger partial charge in [0.2, 0.25) is 0 Å². The van der Waals surface area contributed by atoms with Crippen LogP contribution in [0.1, 0.15) is 26.3 Å². The Morgan fingerprint density at radius 1 is 0.917 bits per heavy atom. The molecule has 0 fully saturated rings. The molecular weight excluding hydrogens is 326 g/mol. The first-order valence-electron chi connectivity index (χ1n) is 7.16. The molecule has 0 spiro atoms. The van der Waals surface area contributed by atoms with E-state index in [1.165, 1.54) is 18.3 Å². The fourth-order valence-corrected chi connectivity index (χ4v) is 2.33. The molecule has 2 aromatic carbocycles. The van der Waals surface area contributed by atoms with E-state index in [-0.39, 0.29) is 17.1 Å². The highest BCUT2D eigenvalue weighted by Gasteiger charge is 2.18. The van der Waals surface area contributed by atoms with E-state index in [0.29, 0.717) is 16.1 Å². The molecule has 0 amide bonds. The number of carbonyl (C=O) groups is 2. The first-order valence-corrected chi connectivity index (χ1v) is 7.54. The summed E-state index contributed by atoms with van der Waals surface area (Å²) in [5.41, 5.74) is 1.01. The van der Waals surface area contributed by atoms with E-state index in [2.05, 4.69) is 4.98 Å². The number of pyridine rings is 1. The van der Waals surface area contributed by atoms with Crippen LogP contribution >= 0.6 is 11.6 Å². The van der Waals surface area contributed by atoms with Gasteiger partial charge >= 0.3 is 5.97 Å². The maximum absolute atomic E-state index is 12.7. The normalized spacial score (nSPS) is 10.2. The summed E-state index contributed by atoms with van der Waals surface area (Å²) in [5, 5.41) is 0.385. The maximum atomic E-state index is 12.7. The van der Waals surface area contributed by atoms with Gasteiger partial charge in [0.05, 0.1) is 11.1 Å². The molecule has 1 heterocycles. The van der Waals surface area contributed by atoms with Crippen molar-refractivity contribution in [2.24, 2.45) is 0 Å². The summed E-state index contributed by atoms with van der Waals surface area (Å²) in [7, 11) is 0. The van der Waals surface area contributed by atoms with Gasteiger partial charge in [0.1, 0.15) is 5.75 Å². The molecule has 3 aromatic rings. The lowest BCUT2D eigenvalue weighted by atomic mass is 10.0. The van der Waals surface area contributed by atoms with Gasteiger partial charge in [-0.2, -0.15) is 0 Å². The Balaban J connectivity index is 1.94. The predicted octanol–water partition coefficient (Wildman–Crippen LogP) is 4.19. The zero-order valence-electron chi connectivity index (χ0n) is 12.5. The van der Waals surface area contributed by atoms with Gasteiger partial charge in [-0.3, -0.25) is 9.78 Å². The van der Waals surface area contributed by atoms with E-state index in [0.717, 1.165) is 0 Å². The molecule has 0 saturated heterocycles. The average Bonchev–Trinajstić information content (AvgIpc) is 2.64. The second-order valence-corrected chi connectivity index (χ2v) is 5.40. The number of halogens is 1. The van der Waals surface area contributed by atoms with E-state index in [1.54, 1.807) is 48.7 Å². The van der Waals surface area contributed by atoms with Crippen molar-refractivity contribution in [2.45, 2.75) is 0 Å². The van der Waals surface area contributed by atoms with E-state index >= 15 is 0 Å². The van der Waals surface area contributed by atoms with Crippen molar-refractivity contribution >= 4 is 23.4 Å². The Bertz CT molecular complexity index is 880. The minimum absolute atomic E-state index is 0.155. The van der Waals surface area contributed by atoms with Gasteiger partial charge in [-0.25, -0.2) is 4.79 Å². The van der Waals surface area contributed by atoms with Gasteiger partial charge in [0.25, 0.3) is 0 Å². The van der Waals surface area contributed by atoms with Crippen molar-refractivity contribution in [3.63, 3.8) is 0 Å². The Kier molecular flexibility index (Phi) is 4.68. The molecule has 0 unspecified atom stereocenters. The molecule has 0 aliphatic heterocycles. The summed E-state index contributed by atoms with van der Waals surface area (Å²) in [6.07, 6.45) is 2.96. The Morgan fingerprint density at radius 3 is 2.38 bits per heavy atom. The Labute approximate surface area is 143 Å². The molecule has 4 nitrogen and oxygen atoms in total. The van der Waals surface area contributed by atoms with Gasteiger partial charge in [0.15, 0.2) is 5.78 Å². The molecule has 24 heavy (non-hydrogen) atoms. The van der Waals surface area contributed by atoms with Crippen LogP contribution in [0.15, 0.2) is 73.1 Å². The van der Waals surface area contributed by atoms with Crippen LogP contribution < -0.4 is 4.74 Å². The smallest absolute Gasteiger partial charge is 0.345 e. The van der Waals surface area contributed by atoms with Gasteiger partial charge in [-0.1, -0.05) is 41.9 Å². The van der Waals surface area contributed by atoms with E-state index < -0.39 is 5.97 Å². The zero-order valence-corrected chi connectivity index (χ0v) is 13.2. The molecular formula is C19H12ClNO3. The highest BCUT2D eigenvalue weighted by Crippen LogP contribution is 2.26. The number of ether oxygens (including phenoxy) is 1. The first kappa shape index (κ1) is 15.9. The summed E-state index contributed by atoms with van der Waals surface area (Å²) < 4.78 is 5.37. The number of aromatic nitrogens is 1. The van der Waals surface area contributed by atoms with Crippen molar-refractivity contribution in [1.82, 2.24) is 4.98 Å². The number of carbonyl (C=O) groups excluding carboxylic acids is 2. The fraction of sp³-hybridized carbons (Fsp3) is 0. The lowest BCUT2D eigenvalue weighted by molar-refractivity contribution is 0.0732. The van der Waals surface area contributed by atoms with E-state index in [9.17, 15) is 9.59 Å². The Morgan fingerprint density at radius 2 is 1.67 bits per heavy atom. The SMILES string of the molecule is O=C(Oc1ccc(Cl)cc1C(=O)c1ccccc1)c1cccnc1. The van der Waals surface area contributed by atoms with Crippen LogP contribution in [0.5, 0.6) is 5.75 Å². The highest BCUT2D eigenvalue weighted by molar-refractivity contribution is 6.31. The van der Waals surface area contributed by atoms with Gasteiger partial charge in [0, 0.05) is 23.0 Å². The quantitative estimate of drug-likeness (QED) is 0.407. The monoisotopic (exact) mass is 337 g/mol. The van der Waals surface area contributed by atoms with Gasteiger partial charge < -0.3 is 4.74 Å². The van der Waals surface area contributed by atoms with E-state index in [1.807, 2.05) is 6.07 Å². The number of benzene rings is 2. The van der Waals surface area contributed by atoms with Crippen molar-refractivity contribution in [3.8, 4) is 5.75 Å². The lowest BCUT2D eigenvalue weighted by Crippen LogP contribution is -2.12. The number of ketones is 1. The third kappa shape index (κ3) is 3.50. The number of esters is 1. The van der Waals surface area contributed by atoms with Gasteiger partial charge in [-0.15, -0.1) is 0 Å². The summed E-state index contributed by atoms with van der Waals surface area (Å²) in [6.45, 7) is 0. The molecule has 0 bridgehead atoms. The van der Waals surface area contributed by atoms with Crippen LogP contribution in [0.3, 0.4) is 0 Å². The number of hydrogen-bond donors (Lipinski definition) is 0. The zero-order chi connectivity index (χ0) is 16.9. The highest BCUT2D eigenvalue weighted by atomic mass is 35.5. The minimum Gasteiger partial charge on any atom is -0.422 e. The molecule has 0 saturated carbocycles. The number of rotatable bonds is 4. The molecule has 0 aliphatic carbocycles. The first-order chi connectivity index (χ1) is 11.6. The molecule has 0 aliphatic rings. The molecule has 118 valence electrons. The number of hydrogen-bond acceptors (Lipinski definition) is 4. The molecule has 3 rings (SSSR count). The van der Waals surface area contributed by atoms with Crippen LogP contribution in [0.2, 0.25) is 5.02 Å². The van der Waals surface area contributed by atoms with Crippen molar-refractivity contribution in [1.29, 1.82) is 0 Å². The topological polar surface area (TPSA) is 56.3 Å². The predicted molar refractivity (Wildman–Crippen MR) is 90.5 cm³/mol. The van der Waals surface area contributed by atoms with Crippen molar-refractivity contribution in [2.75, 3.05) is 0 Å². The lowest BCUT2D eigenvalue weighted by Gasteiger charge is -2.10. The maximum Gasteiger partial charge on any atom is 0.345 e. The molecule has 5 heteroatoms. The average molecular weight is 338 g/mol. The van der Waals surface area contributed by atoms with Crippen LogP contribution in [-0.2, 0) is 0 Å². The van der Waals surface area contributed by atoms with Crippen molar-refractivity contribution < 1.29 is 14.3 Å². The fourth-order valence-electron chi connectivity index (χ4n) is 2.16. The minimum atomic E-state index is -0.590. The Hall–Kier alpha value is -2.98. The summed E-state index contributed by atoms with van der Waals surface area (Å²) >= 11 is 6.00. The van der Waals surface area contributed by atoms with Gasteiger partial charge in [-0.05, 0) is 30.3 Å². The summed E-state index contributed by atoms with van der Waals surface area (Å²) in [6, 6.07) is 16.5. The van der Waals surface area contributed by atoms with Crippen molar-refractivity contribution in [3.05, 3.63) is 94.8 Å². The van der Waals surface area contributed by atoms with Crippen LogP contribution in [-0.4, -0.2) is 16.7 Å². The molecule has 0 N–H and O–H groups in total. The molecule has 0 atom stereocenters. The largest absolute Gasteiger partial charge is 0.422 e. The van der Waals surface area contributed by atoms with Crippen LogP contribution in [0.25, 0.3) is 0 Å². The summed E-state index contributed by atoms with van der Waals surface area (Å²) in [4.78, 5) is 28.8. The third-order valence-corrected chi connectivity index (χ3v) is 3.56. The second-order valence-electron chi connectivity index (χ2n) is 4.97. The number of nitrogens with zero attached hydrogens (tertiary/aromatic N) is 1. The van der Waals surface area contributed by atoms with Crippen LogP contribution in [0, 0.1) is 0 Å². The summed E-state index contributed by atoms with van der Waals surface area (Å²) in [5.74, 6) is -0.707. The van der Waals surface area contributed by atoms with E-state index in [4.69, 9.17) is 16.3 Å². The molecule has 1 aromatic heterocycles. The second kappa shape index (κ2) is 7.06.